The van der Waals surface area contributed by atoms with E-state index in [-0.39, 0.29) is 35.3 Å². The third-order valence-corrected chi connectivity index (χ3v) is 1.64. The summed E-state index contributed by atoms with van der Waals surface area (Å²) in [6, 6.07) is 4.74. The average Bonchev–Trinajstić information content (AvgIpc) is 1.97. The smallest absolute Gasteiger partial charge is 0.360 e. The van der Waals surface area contributed by atoms with E-state index in [2.05, 4.69) is 0 Å². The van der Waals surface area contributed by atoms with Crippen LogP contribution in [-0.4, -0.2) is 5.78 Å². The third-order valence-electron chi connectivity index (χ3n) is 1.64. The molecule has 4 heteroatoms. The zero-order valence-corrected chi connectivity index (χ0v) is 9.14. The largest absolute Gasteiger partial charge is 1.00 e. The Morgan fingerprint density at radius 3 is 2.62 bits per heavy atom. The summed E-state index contributed by atoms with van der Waals surface area (Å²) in [5.74, 6) is -0.418. The van der Waals surface area contributed by atoms with E-state index in [4.69, 9.17) is 0 Å². The van der Waals surface area contributed by atoms with E-state index < -0.39 is 0 Å². The molecule has 72 valence electrons. The molecule has 0 saturated heterocycles. The molecule has 0 aliphatic rings. The number of carbonyl (C=O) groups excluding carboxylic acids is 1. The molecule has 0 N–H and O–H groups in total. The summed E-state index contributed by atoms with van der Waals surface area (Å²) in [5, 5.41) is 0. The van der Waals surface area contributed by atoms with Gasteiger partial charge < -0.3 is 17.0 Å². The molecule has 0 aliphatic carbocycles. The number of hydrogen-bond donors (Lipinski definition) is 0. The molecule has 0 unspecified atom stereocenters. The Kier molecular flexibility index (Phi) is 4.77. The van der Waals surface area contributed by atoms with Crippen LogP contribution in [0.2, 0.25) is 0 Å². The molecule has 0 atom stereocenters. The van der Waals surface area contributed by atoms with Gasteiger partial charge in [0.2, 0.25) is 6.54 Å². The zero-order valence-electron chi connectivity index (χ0n) is 7.55. The van der Waals surface area contributed by atoms with E-state index in [0.29, 0.717) is 0 Å². The summed E-state index contributed by atoms with van der Waals surface area (Å²) in [5.41, 5.74) is 0.755. The van der Waals surface area contributed by atoms with Crippen molar-refractivity contribution in [3.05, 3.63) is 29.8 Å². The molecule has 0 spiro atoms. The molecule has 0 bridgehead atoms. The lowest BCUT2D eigenvalue weighted by Crippen LogP contribution is -3.00. The lowest BCUT2D eigenvalue weighted by atomic mass is 10.3. The summed E-state index contributed by atoms with van der Waals surface area (Å²) >= 11 is 0. The quantitative estimate of drug-likeness (QED) is 0.438. The van der Waals surface area contributed by atoms with Crippen molar-refractivity contribution in [2.45, 2.75) is 20.4 Å². The van der Waals surface area contributed by atoms with Crippen LogP contribution in [0.15, 0.2) is 18.2 Å². The Labute approximate surface area is 87.2 Å². The fraction of sp³-hybridized carbons (Fsp3) is 0.333. The highest BCUT2D eigenvalue weighted by molar-refractivity contribution is 5.73. The van der Waals surface area contributed by atoms with Crippen molar-refractivity contribution in [3.63, 3.8) is 0 Å². The number of halogens is 2. The molecule has 2 nitrogen and oxygen atoms in total. The summed E-state index contributed by atoms with van der Waals surface area (Å²) in [7, 11) is 0. The van der Waals surface area contributed by atoms with E-state index in [1.807, 2.05) is 0 Å². The van der Waals surface area contributed by atoms with Crippen LogP contribution < -0.4 is 21.5 Å². The SMILES string of the molecule is CC(=O)C[n+]1c(C)cccc1F.[Br-]. The first-order valence-electron chi connectivity index (χ1n) is 3.75. The van der Waals surface area contributed by atoms with E-state index in [1.165, 1.54) is 17.6 Å². The molecule has 0 aromatic carbocycles. The first kappa shape index (κ1) is 12.2. The van der Waals surface area contributed by atoms with Gasteiger partial charge in [-0.1, -0.05) is 0 Å². The number of aryl methyl sites for hydroxylation is 1. The van der Waals surface area contributed by atoms with Crippen LogP contribution in [0.25, 0.3) is 0 Å². The minimum atomic E-state index is -0.370. The standard InChI is InChI=1S/C9H11FNO.BrH/c1-7-4-3-5-9(10)11(7)6-8(2)12;/h3-5H,6H2,1-2H3;1H/q+1;/p-1. The second-order valence-corrected chi connectivity index (χ2v) is 2.78. The summed E-state index contributed by atoms with van der Waals surface area (Å²) in [6.07, 6.45) is 0. The molecule has 1 aromatic heterocycles. The summed E-state index contributed by atoms with van der Waals surface area (Å²) in [6.45, 7) is 3.32. The van der Waals surface area contributed by atoms with Gasteiger partial charge in [-0.3, -0.25) is 4.79 Å². The molecule has 0 aliphatic heterocycles. The van der Waals surface area contributed by atoms with Crippen molar-refractivity contribution in [3.8, 4) is 0 Å². The number of ketones is 1. The Hall–Kier alpha value is -0.770. The van der Waals surface area contributed by atoms with Crippen molar-refractivity contribution in [1.82, 2.24) is 0 Å². The second kappa shape index (κ2) is 5.07. The minimum absolute atomic E-state index is 0. The van der Waals surface area contributed by atoms with E-state index >= 15 is 0 Å². The van der Waals surface area contributed by atoms with Gasteiger partial charge in [0.05, 0.1) is 0 Å². The van der Waals surface area contributed by atoms with Crippen LogP contribution in [0.1, 0.15) is 12.6 Å². The zero-order chi connectivity index (χ0) is 9.14. The van der Waals surface area contributed by atoms with E-state index in [9.17, 15) is 9.18 Å². The first-order valence-corrected chi connectivity index (χ1v) is 3.75. The molecule has 0 fully saturated rings. The topological polar surface area (TPSA) is 20.9 Å². The van der Waals surface area contributed by atoms with Crippen molar-refractivity contribution < 1.29 is 30.7 Å². The van der Waals surface area contributed by atoms with Crippen LogP contribution in [0.4, 0.5) is 4.39 Å². The van der Waals surface area contributed by atoms with Crippen LogP contribution in [0, 0.1) is 12.9 Å². The second-order valence-electron chi connectivity index (χ2n) is 2.78. The molecule has 13 heavy (non-hydrogen) atoms. The van der Waals surface area contributed by atoms with Gasteiger partial charge in [0.25, 0.3) is 0 Å². The van der Waals surface area contributed by atoms with Gasteiger partial charge in [-0.2, -0.15) is 4.57 Å². The van der Waals surface area contributed by atoms with Gasteiger partial charge in [-0.25, -0.2) is 0 Å². The van der Waals surface area contributed by atoms with Crippen LogP contribution in [-0.2, 0) is 11.3 Å². The van der Waals surface area contributed by atoms with Crippen molar-refractivity contribution >= 4 is 5.78 Å². The fourth-order valence-corrected chi connectivity index (χ4v) is 1.04. The molecular weight excluding hydrogens is 237 g/mol. The van der Waals surface area contributed by atoms with E-state index in [0.717, 1.165) is 5.69 Å². The number of carbonyl (C=O) groups is 1. The maximum absolute atomic E-state index is 13.0. The predicted molar refractivity (Wildman–Crippen MR) is 42.0 cm³/mol. The normalized spacial score (nSPS) is 9.15. The number of rotatable bonds is 2. The Morgan fingerprint density at radius 1 is 1.54 bits per heavy atom. The first-order chi connectivity index (χ1) is 5.61. The molecule has 0 saturated carbocycles. The van der Waals surface area contributed by atoms with Crippen LogP contribution in [0.5, 0.6) is 0 Å². The van der Waals surface area contributed by atoms with Gasteiger partial charge in [0, 0.05) is 26.0 Å². The number of aromatic nitrogens is 1. The fourth-order valence-electron chi connectivity index (χ4n) is 1.04. The molecule has 0 amide bonds. The monoisotopic (exact) mass is 247 g/mol. The highest BCUT2D eigenvalue weighted by Gasteiger charge is 2.14. The van der Waals surface area contributed by atoms with E-state index in [1.54, 1.807) is 19.1 Å². The Balaban J connectivity index is 0.00000144. The lowest BCUT2D eigenvalue weighted by molar-refractivity contribution is -0.717. The lowest BCUT2D eigenvalue weighted by Gasteiger charge is -1.97. The van der Waals surface area contributed by atoms with Gasteiger partial charge in [0.1, 0.15) is 0 Å². The molecule has 0 radical (unpaired) electrons. The van der Waals surface area contributed by atoms with Gasteiger partial charge in [-0.05, 0) is 6.07 Å². The Morgan fingerprint density at radius 2 is 2.15 bits per heavy atom. The summed E-state index contributed by atoms with van der Waals surface area (Å²) in [4.78, 5) is 10.7. The molecule has 1 aromatic rings. The van der Waals surface area contributed by atoms with Gasteiger partial charge in [-0.15, -0.1) is 4.39 Å². The molecule has 1 rings (SSSR count). The van der Waals surface area contributed by atoms with Crippen molar-refractivity contribution in [1.29, 1.82) is 0 Å². The molecular formula is C9H11BrFNO. The van der Waals surface area contributed by atoms with Gasteiger partial charge >= 0.3 is 5.95 Å². The minimum Gasteiger partial charge on any atom is -1.00 e. The van der Waals surface area contributed by atoms with Crippen LogP contribution >= 0.6 is 0 Å². The van der Waals surface area contributed by atoms with Gasteiger partial charge in [0.15, 0.2) is 11.5 Å². The highest BCUT2D eigenvalue weighted by Crippen LogP contribution is 1.93. The predicted octanol–water partition coefficient (Wildman–Crippen LogP) is -1.99. The average molecular weight is 248 g/mol. The van der Waals surface area contributed by atoms with Crippen molar-refractivity contribution in [2.75, 3.05) is 0 Å². The van der Waals surface area contributed by atoms with Crippen molar-refractivity contribution in [2.24, 2.45) is 0 Å². The maximum atomic E-state index is 13.0. The number of pyridine rings is 1. The third kappa shape index (κ3) is 3.22. The summed E-state index contributed by atoms with van der Waals surface area (Å²) < 4.78 is 14.4. The number of nitrogens with zero attached hydrogens (tertiary/aromatic N) is 1. The Bertz CT molecular complexity index is 294. The number of Topliss-reactive ketones (excluding diaryl/α,β-unsaturated/α-hetero) is 1. The molecule has 1 heterocycles. The maximum Gasteiger partial charge on any atom is 0.360 e. The van der Waals surface area contributed by atoms with Crippen LogP contribution in [0.3, 0.4) is 0 Å². The highest BCUT2D eigenvalue weighted by atomic mass is 79.9. The number of hydrogen-bond acceptors (Lipinski definition) is 1.